The summed E-state index contributed by atoms with van der Waals surface area (Å²) in [6.45, 7) is 0.581. The maximum Gasteiger partial charge on any atom is 0.274 e. The van der Waals surface area contributed by atoms with E-state index in [4.69, 9.17) is 9.47 Å². The zero-order chi connectivity index (χ0) is 19.5. The highest BCUT2D eigenvalue weighted by molar-refractivity contribution is 5.92. The number of methoxy groups -OCH3 is 2. The van der Waals surface area contributed by atoms with Gasteiger partial charge < -0.3 is 14.4 Å². The second-order valence-electron chi connectivity index (χ2n) is 6.56. The second kappa shape index (κ2) is 7.68. The van der Waals surface area contributed by atoms with Crippen LogP contribution in [0.1, 0.15) is 33.2 Å². The van der Waals surface area contributed by atoms with Gasteiger partial charge in [0.1, 0.15) is 5.69 Å². The number of aromatic nitrogens is 2. The molecule has 0 saturated heterocycles. The first-order chi connectivity index (χ1) is 13.7. The van der Waals surface area contributed by atoms with Crippen molar-refractivity contribution in [3.63, 3.8) is 0 Å². The molecule has 0 aliphatic carbocycles. The van der Waals surface area contributed by atoms with E-state index in [1.54, 1.807) is 20.4 Å². The number of amides is 1. The van der Waals surface area contributed by atoms with Crippen LogP contribution in [0.2, 0.25) is 0 Å². The second-order valence-corrected chi connectivity index (χ2v) is 6.56. The smallest absolute Gasteiger partial charge is 0.274 e. The zero-order valence-corrected chi connectivity index (χ0v) is 15.8. The molecule has 0 N–H and O–H groups in total. The number of fused-ring (bicyclic) bond motifs is 1. The van der Waals surface area contributed by atoms with Crippen LogP contribution in [0.5, 0.6) is 11.5 Å². The minimum Gasteiger partial charge on any atom is -0.493 e. The molecule has 1 unspecified atom stereocenters. The van der Waals surface area contributed by atoms with Gasteiger partial charge in [-0.15, -0.1) is 0 Å². The SMILES string of the molecule is COc1cc2c(cc1OC)C(c1ccccc1)N(C(=O)c1cnccn1)CC2. The topological polar surface area (TPSA) is 64.6 Å². The maximum atomic E-state index is 13.2. The normalized spacial score (nSPS) is 15.6. The summed E-state index contributed by atoms with van der Waals surface area (Å²) in [6, 6.07) is 13.7. The number of hydrogen-bond acceptors (Lipinski definition) is 5. The third-order valence-electron chi connectivity index (χ3n) is 5.03. The Labute approximate surface area is 163 Å². The van der Waals surface area contributed by atoms with E-state index in [9.17, 15) is 4.79 Å². The van der Waals surface area contributed by atoms with E-state index in [1.165, 1.54) is 12.4 Å². The molecule has 3 aromatic rings. The number of nitrogens with zero attached hydrogens (tertiary/aromatic N) is 3. The van der Waals surface area contributed by atoms with Gasteiger partial charge in [-0.2, -0.15) is 0 Å². The van der Waals surface area contributed by atoms with Crippen LogP contribution in [0.4, 0.5) is 0 Å². The van der Waals surface area contributed by atoms with Crippen LogP contribution >= 0.6 is 0 Å². The molecule has 0 radical (unpaired) electrons. The quantitative estimate of drug-likeness (QED) is 0.700. The molecule has 2 aromatic carbocycles. The van der Waals surface area contributed by atoms with Crippen molar-refractivity contribution >= 4 is 5.91 Å². The Hall–Kier alpha value is -3.41. The monoisotopic (exact) mass is 375 g/mol. The summed E-state index contributed by atoms with van der Waals surface area (Å²) in [6.07, 6.45) is 5.34. The molecule has 0 saturated carbocycles. The van der Waals surface area contributed by atoms with E-state index in [0.29, 0.717) is 23.7 Å². The standard InChI is InChI=1S/C22H21N3O3/c1-27-19-12-16-8-11-25(22(26)18-14-23-9-10-24-18)21(15-6-4-3-5-7-15)17(16)13-20(19)28-2/h3-7,9-10,12-14,21H,8,11H2,1-2H3. The van der Waals surface area contributed by atoms with E-state index < -0.39 is 0 Å². The highest BCUT2D eigenvalue weighted by Gasteiger charge is 2.34. The summed E-state index contributed by atoms with van der Waals surface area (Å²) in [5, 5.41) is 0. The summed E-state index contributed by atoms with van der Waals surface area (Å²) in [5.74, 6) is 1.21. The lowest BCUT2D eigenvalue weighted by molar-refractivity contribution is 0.0687. The Kier molecular flexibility index (Phi) is 4.93. The molecule has 1 aromatic heterocycles. The minimum atomic E-state index is -0.237. The largest absolute Gasteiger partial charge is 0.493 e. The summed E-state index contributed by atoms with van der Waals surface area (Å²) in [7, 11) is 3.25. The first kappa shape index (κ1) is 18.0. The number of rotatable bonds is 4. The van der Waals surface area contributed by atoms with Gasteiger partial charge in [0.2, 0.25) is 0 Å². The molecule has 1 atom stereocenters. The van der Waals surface area contributed by atoms with Gasteiger partial charge in [-0.1, -0.05) is 30.3 Å². The first-order valence-corrected chi connectivity index (χ1v) is 9.09. The van der Waals surface area contributed by atoms with Crippen molar-refractivity contribution in [1.29, 1.82) is 0 Å². The van der Waals surface area contributed by atoms with Crippen molar-refractivity contribution in [1.82, 2.24) is 14.9 Å². The molecule has 2 heterocycles. The number of carbonyl (C=O) groups excluding carboxylic acids is 1. The van der Waals surface area contributed by atoms with Crippen LogP contribution in [0.25, 0.3) is 0 Å². The zero-order valence-electron chi connectivity index (χ0n) is 15.8. The van der Waals surface area contributed by atoms with Crippen molar-refractivity contribution in [3.05, 3.63) is 83.4 Å². The van der Waals surface area contributed by atoms with Gasteiger partial charge in [-0.05, 0) is 35.2 Å². The van der Waals surface area contributed by atoms with Gasteiger partial charge in [-0.25, -0.2) is 4.98 Å². The van der Waals surface area contributed by atoms with Crippen LogP contribution in [0.3, 0.4) is 0 Å². The van der Waals surface area contributed by atoms with Crippen molar-refractivity contribution in [2.45, 2.75) is 12.5 Å². The predicted octanol–water partition coefficient (Wildman–Crippen LogP) is 3.28. The molecule has 1 amide bonds. The molecule has 0 bridgehead atoms. The van der Waals surface area contributed by atoms with Crippen molar-refractivity contribution in [2.75, 3.05) is 20.8 Å². The predicted molar refractivity (Wildman–Crippen MR) is 105 cm³/mol. The van der Waals surface area contributed by atoms with Gasteiger partial charge in [0.15, 0.2) is 11.5 Å². The molecule has 6 heteroatoms. The number of hydrogen-bond donors (Lipinski definition) is 0. The van der Waals surface area contributed by atoms with Crippen molar-refractivity contribution in [2.24, 2.45) is 0 Å². The van der Waals surface area contributed by atoms with Gasteiger partial charge >= 0.3 is 0 Å². The number of carbonyl (C=O) groups is 1. The van der Waals surface area contributed by atoms with E-state index in [-0.39, 0.29) is 11.9 Å². The lowest BCUT2D eigenvalue weighted by atomic mass is 9.87. The lowest BCUT2D eigenvalue weighted by Crippen LogP contribution is -2.41. The molecular weight excluding hydrogens is 354 g/mol. The molecule has 28 heavy (non-hydrogen) atoms. The molecule has 1 aliphatic heterocycles. The molecule has 6 nitrogen and oxygen atoms in total. The minimum absolute atomic E-state index is 0.137. The summed E-state index contributed by atoms with van der Waals surface area (Å²) < 4.78 is 11.0. The molecular formula is C22H21N3O3. The van der Waals surface area contributed by atoms with Crippen molar-refractivity contribution < 1.29 is 14.3 Å². The Morgan fingerprint density at radius 3 is 2.50 bits per heavy atom. The Morgan fingerprint density at radius 2 is 1.82 bits per heavy atom. The summed E-state index contributed by atoms with van der Waals surface area (Å²) in [4.78, 5) is 23.3. The highest BCUT2D eigenvalue weighted by atomic mass is 16.5. The van der Waals surface area contributed by atoms with E-state index in [2.05, 4.69) is 9.97 Å². The first-order valence-electron chi connectivity index (χ1n) is 9.09. The molecule has 1 aliphatic rings. The lowest BCUT2D eigenvalue weighted by Gasteiger charge is -2.38. The Bertz CT molecular complexity index is 977. The Balaban J connectivity index is 1.84. The average Bonchev–Trinajstić information content (AvgIpc) is 2.77. The fourth-order valence-corrected chi connectivity index (χ4v) is 3.72. The number of ether oxygens (including phenoxy) is 2. The van der Waals surface area contributed by atoms with Crippen LogP contribution in [-0.2, 0) is 6.42 Å². The number of benzene rings is 2. The molecule has 142 valence electrons. The third kappa shape index (κ3) is 3.17. The van der Waals surface area contributed by atoms with E-state index >= 15 is 0 Å². The summed E-state index contributed by atoms with van der Waals surface area (Å²) >= 11 is 0. The molecule has 4 rings (SSSR count). The van der Waals surface area contributed by atoms with Gasteiger partial charge in [0.25, 0.3) is 5.91 Å². The average molecular weight is 375 g/mol. The highest BCUT2D eigenvalue weighted by Crippen LogP contribution is 2.41. The van der Waals surface area contributed by atoms with Crippen LogP contribution < -0.4 is 9.47 Å². The van der Waals surface area contributed by atoms with Crippen LogP contribution in [-0.4, -0.2) is 41.5 Å². The van der Waals surface area contributed by atoms with Gasteiger partial charge in [0, 0.05) is 18.9 Å². The third-order valence-corrected chi connectivity index (χ3v) is 5.03. The maximum absolute atomic E-state index is 13.2. The van der Waals surface area contributed by atoms with Gasteiger partial charge in [-0.3, -0.25) is 9.78 Å². The van der Waals surface area contributed by atoms with E-state index in [1.807, 2.05) is 47.4 Å². The fraction of sp³-hybridized carbons (Fsp3) is 0.227. The summed E-state index contributed by atoms with van der Waals surface area (Å²) in [5.41, 5.74) is 3.56. The van der Waals surface area contributed by atoms with E-state index in [0.717, 1.165) is 23.1 Å². The molecule has 0 spiro atoms. The van der Waals surface area contributed by atoms with Crippen LogP contribution in [0.15, 0.2) is 61.1 Å². The van der Waals surface area contributed by atoms with Crippen LogP contribution in [0, 0.1) is 0 Å². The molecule has 0 fully saturated rings. The van der Waals surface area contributed by atoms with Crippen molar-refractivity contribution in [3.8, 4) is 11.5 Å². The Morgan fingerprint density at radius 1 is 1.07 bits per heavy atom. The van der Waals surface area contributed by atoms with Gasteiger partial charge in [0.05, 0.1) is 26.5 Å². The fourth-order valence-electron chi connectivity index (χ4n) is 3.72.